The molecular weight excluding hydrogens is 304 g/mol. The molecule has 1 aliphatic rings. The van der Waals surface area contributed by atoms with Crippen LogP contribution >= 0.6 is 0 Å². The Labute approximate surface area is 142 Å². The Morgan fingerprint density at radius 3 is 2.88 bits per heavy atom. The van der Waals surface area contributed by atoms with Gasteiger partial charge in [-0.25, -0.2) is 4.98 Å². The normalized spacial score (nSPS) is 17.7. The number of hydrogen-bond donors (Lipinski definition) is 0. The fourth-order valence-corrected chi connectivity index (χ4v) is 3.16. The van der Waals surface area contributed by atoms with E-state index in [1.54, 1.807) is 12.5 Å². The predicted octanol–water partition coefficient (Wildman–Crippen LogP) is 1.39. The fraction of sp³-hybridized carbons (Fsp3) is 0.588. The highest BCUT2D eigenvalue weighted by molar-refractivity contribution is 5.80. The van der Waals surface area contributed by atoms with Crippen molar-refractivity contribution in [2.45, 2.75) is 39.4 Å². The largest absolute Gasteiger partial charge is 0.340 e. The number of hydrogen-bond acceptors (Lipinski definition) is 4. The molecule has 0 bridgehead atoms. The molecule has 0 saturated carbocycles. The van der Waals surface area contributed by atoms with Gasteiger partial charge in [-0.1, -0.05) is 0 Å². The number of amides is 1. The van der Waals surface area contributed by atoms with E-state index in [2.05, 4.69) is 28.1 Å². The van der Waals surface area contributed by atoms with Crippen molar-refractivity contribution in [3.63, 3.8) is 0 Å². The quantitative estimate of drug-likeness (QED) is 0.831. The van der Waals surface area contributed by atoms with Crippen molar-refractivity contribution in [1.29, 1.82) is 0 Å². The van der Waals surface area contributed by atoms with E-state index < -0.39 is 0 Å². The van der Waals surface area contributed by atoms with Crippen molar-refractivity contribution in [2.24, 2.45) is 0 Å². The van der Waals surface area contributed by atoms with Gasteiger partial charge in [-0.2, -0.15) is 5.10 Å². The minimum absolute atomic E-state index is 0.175. The molecule has 7 heteroatoms. The smallest absolute Gasteiger partial charge is 0.245 e. The maximum absolute atomic E-state index is 12.7. The zero-order chi connectivity index (χ0) is 16.9. The van der Waals surface area contributed by atoms with E-state index in [1.807, 2.05) is 33.5 Å². The van der Waals surface area contributed by atoms with Gasteiger partial charge in [0.2, 0.25) is 5.91 Å². The summed E-state index contributed by atoms with van der Waals surface area (Å²) in [6.07, 6.45) is 10.3. The number of rotatable bonds is 5. The van der Waals surface area contributed by atoms with Crippen LogP contribution in [0.4, 0.5) is 0 Å². The molecule has 0 spiro atoms. The lowest BCUT2D eigenvalue weighted by atomic mass is 10.2. The third-order valence-electron chi connectivity index (χ3n) is 4.65. The van der Waals surface area contributed by atoms with Gasteiger partial charge < -0.3 is 9.47 Å². The molecule has 3 heterocycles. The third kappa shape index (κ3) is 3.84. The molecule has 2 aromatic rings. The number of nitrogens with zero attached hydrogens (tertiary/aromatic N) is 6. The highest BCUT2D eigenvalue weighted by atomic mass is 16.2. The lowest BCUT2D eigenvalue weighted by Crippen LogP contribution is -2.38. The van der Waals surface area contributed by atoms with Crippen LogP contribution in [0.3, 0.4) is 0 Å². The van der Waals surface area contributed by atoms with E-state index in [0.29, 0.717) is 0 Å². The third-order valence-corrected chi connectivity index (χ3v) is 4.65. The molecule has 1 atom stereocenters. The van der Waals surface area contributed by atoms with Crippen molar-refractivity contribution in [1.82, 2.24) is 29.1 Å². The molecule has 0 aromatic carbocycles. The lowest BCUT2D eigenvalue weighted by molar-refractivity contribution is -0.134. The molecular formula is C17H26N6O. The monoisotopic (exact) mass is 330 g/mol. The van der Waals surface area contributed by atoms with Gasteiger partial charge in [-0.15, -0.1) is 0 Å². The molecule has 7 nitrogen and oxygen atoms in total. The molecule has 1 aliphatic heterocycles. The molecule has 0 radical (unpaired) electrons. The van der Waals surface area contributed by atoms with E-state index in [1.165, 1.54) is 5.56 Å². The molecule has 0 aliphatic carbocycles. The Balaban J connectivity index is 1.55. The maximum Gasteiger partial charge on any atom is 0.245 e. The molecule has 3 rings (SSSR count). The van der Waals surface area contributed by atoms with E-state index in [9.17, 15) is 4.79 Å². The molecule has 1 fully saturated rings. The van der Waals surface area contributed by atoms with E-state index in [-0.39, 0.29) is 11.9 Å². The highest BCUT2D eigenvalue weighted by Crippen LogP contribution is 2.14. The summed E-state index contributed by atoms with van der Waals surface area (Å²) in [5.74, 6) is 0.175. The molecule has 2 aromatic heterocycles. The van der Waals surface area contributed by atoms with Gasteiger partial charge in [0.15, 0.2) is 0 Å². The zero-order valence-electron chi connectivity index (χ0n) is 14.5. The van der Waals surface area contributed by atoms with Gasteiger partial charge >= 0.3 is 0 Å². The first kappa shape index (κ1) is 16.7. The Kier molecular flexibility index (Phi) is 5.30. The van der Waals surface area contributed by atoms with Crippen molar-refractivity contribution >= 4 is 5.91 Å². The van der Waals surface area contributed by atoms with Crippen LogP contribution in [0.15, 0.2) is 31.1 Å². The van der Waals surface area contributed by atoms with Crippen LogP contribution in [0.1, 0.15) is 31.9 Å². The summed E-state index contributed by atoms with van der Waals surface area (Å²) in [5.41, 5.74) is 1.24. The average molecular weight is 330 g/mol. The average Bonchev–Trinajstić information content (AvgIpc) is 3.23. The van der Waals surface area contributed by atoms with E-state index >= 15 is 0 Å². The first-order valence-corrected chi connectivity index (χ1v) is 8.67. The standard InChI is InChI=1S/C17H26N6O/c1-3-23-13-16(11-19-23)12-20-6-4-7-21(10-9-20)17(24)15(2)22-8-5-18-14-22/h5,8,11,13-15H,3-4,6-7,9-10,12H2,1-2H3. The second kappa shape index (κ2) is 7.61. The summed E-state index contributed by atoms with van der Waals surface area (Å²) in [4.78, 5) is 21.1. The Morgan fingerprint density at radius 1 is 1.29 bits per heavy atom. The van der Waals surface area contributed by atoms with Crippen molar-refractivity contribution in [3.8, 4) is 0 Å². The molecule has 1 amide bonds. The van der Waals surface area contributed by atoms with Crippen LogP contribution in [-0.4, -0.2) is 61.2 Å². The topological polar surface area (TPSA) is 59.2 Å². The van der Waals surface area contributed by atoms with Crippen LogP contribution < -0.4 is 0 Å². The van der Waals surface area contributed by atoms with E-state index in [4.69, 9.17) is 0 Å². The van der Waals surface area contributed by atoms with Gasteiger partial charge in [0, 0.05) is 63.4 Å². The first-order valence-electron chi connectivity index (χ1n) is 8.67. The van der Waals surface area contributed by atoms with E-state index in [0.717, 1.165) is 45.7 Å². The summed E-state index contributed by atoms with van der Waals surface area (Å²) >= 11 is 0. The van der Waals surface area contributed by atoms with Crippen molar-refractivity contribution in [3.05, 3.63) is 36.7 Å². The maximum atomic E-state index is 12.7. The number of carbonyl (C=O) groups excluding carboxylic acids is 1. The van der Waals surface area contributed by atoms with Crippen LogP contribution in [0.2, 0.25) is 0 Å². The SMILES string of the molecule is CCn1cc(CN2CCCN(C(=O)C(C)n3ccnc3)CC2)cn1. The van der Waals surface area contributed by atoms with Gasteiger partial charge in [0.1, 0.15) is 6.04 Å². The number of aromatic nitrogens is 4. The molecule has 1 unspecified atom stereocenters. The van der Waals surface area contributed by atoms with Crippen LogP contribution in [0.25, 0.3) is 0 Å². The molecule has 0 N–H and O–H groups in total. The Bertz CT molecular complexity index is 650. The highest BCUT2D eigenvalue weighted by Gasteiger charge is 2.24. The minimum atomic E-state index is -0.193. The van der Waals surface area contributed by atoms with Crippen molar-refractivity contribution in [2.75, 3.05) is 26.2 Å². The summed E-state index contributed by atoms with van der Waals surface area (Å²) in [6, 6.07) is -0.193. The van der Waals surface area contributed by atoms with Crippen LogP contribution in [0.5, 0.6) is 0 Å². The zero-order valence-corrected chi connectivity index (χ0v) is 14.5. The summed E-state index contributed by atoms with van der Waals surface area (Å²) < 4.78 is 3.82. The van der Waals surface area contributed by atoms with Gasteiger partial charge in [-0.3, -0.25) is 14.4 Å². The second-order valence-electron chi connectivity index (χ2n) is 6.35. The fourth-order valence-electron chi connectivity index (χ4n) is 3.16. The Hall–Kier alpha value is -2.15. The number of aryl methyl sites for hydroxylation is 1. The Morgan fingerprint density at radius 2 is 2.17 bits per heavy atom. The number of imidazole rings is 1. The predicted molar refractivity (Wildman–Crippen MR) is 91.3 cm³/mol. The minimum Gasteiger partial charge on any atom is -0.340 e. The second-order valence-corrected chi connectivity index (χ2v) is 6.35. The van der Waals surface area contributed by atoms with Crippen molar-refractivity contribution < 1.29 is 4.79 Å². The lowest BCUT2D eigenvalue weighted by Gasteiger charge is -2.25. The summed E-state index contributed by atoms with van der Waals surface area (Å²) in [7, 11) is 0. The molecule has 1 saturated heterocycles. The summed E-state index contributed by atoms with van der Waals surface area (Å²) in [6.45, 7) is 9.34. The first-order chi connectivity index (χ1) is 11.7. The van der Waals surface area contributed by atoms with Crippen LogP contribution in [0, 0.1) is 0 Å². The van der Waals surface area contributed by atoms with Gasteiger partial charge in [0.05, 0.1) is 12.5 Å². The van der Waals surface area contributed by atoms with Gasteiger partial charge in [0.25, 0.3) is 0 Å². The molecule has 24 heavy (non-hydrogen) atoms. The number of carbonyl (C=O) groups is 1. The summed E-state index contributed by atoms with van der Waals surface area (Å²) in [5, 5.41) is 4.34. The molecule has 130 valence electrons. The van der Waals surface area contributed by atoms with Crippen LogP contribution in [-0.2, 0) is 17.9 Å². The van der Waals surface area contributed by atoms with Gasteiger partial charge in [-0.05, 0) is 20.3 Å².